The molecule has 2 amide bonds. The number of aliphatic hydroxyl groups excluding tert-OH is 1. The summed E-state index contributed by atoms with van der Waals surface area (Å²) in [5, 5.41) is 18.6. The molecule has 1 aliphatic heterocycles. The lowest BCUT2D eigenvalue weighted by atomic mass is 9.84. The summed E-state index contributed by atoms with van der Waals surface area (Å²) in [6.07, 6.45) is 0.997. The molecule has 1 atom stereocenters. The van der Waals surface area contributed by atoms with Crippen LogP contribution in [0.4, 0.5) is 4.79 Å². The van der Waals surface area contributed by atoms with Crippen LogP contribution >= 0.6 is 0 Å². The number of aliphatic hydroxyl groups is 1. The number of carbonyl (C=O) groups excluding carboxylic acids is 1. The number of aliphatic carboxylic acids is 1. The number of likely N-dealkylation sites (tertiary alicyclic amines) is 1. The summed E-state index contributed by atoms with van der Waals surface area (Å²) in [5.41, 5.74) is -1.47. The fourth-order valence-electron chi connectivity index (χ4n) is 2.23. The summed E-state index contributed by atoms with van der Waals surface area (Å²) in [7, 11) is 1.63. The molecule has 0 spiro atoms. The van der Waals surface area contributed by atoms with Crippen LogP contribution in [-0.2, 0) is 4.79 Å². The normalized spacial score (nSPS) is 23.5. The molecule has 1 saturated heterocycles. The molecule has 19 heavy (non-hydrogen) atoms. The van der Waals surface area contributed by atoms with Crippen molar-refractivity contribution < 1.29 is 19.8 Å². The molecule has 0 aromatic rings. The zero-order chi connectivity index (χ0) is 14.8. The van der Waals surface area contributed by atoms with Crippen molar-refractivity contribution in [2.75, 3.05) is 26.7 Å². The first-order valence-corrected chi connectivity index (χ1v) is 6.57. The Kier molecular flexibility index (Phi) is 4.45. The molecule has 0 saturated carbocycles. The maximum atomic E-state index is 12.3. The van der Waals surface area contributed by atoms with Crippen LogP contribution < -0.4 is 0 Å². The third-order valence-electron chi connectivity index (χ3n) is 4.34. The lowest BCUT2D eigenvalue weighted by Crippen LogP contribution is -2.53. The first kappa shape index (κ1) is 15.8. The Balaban J connectivity index is 2.80. The molecule has 1 rings (SSSR count). The van der Waals surface area contributed by atoms with Crippen LogP contribution in [0, 0.1) is 5.41 Å². The lowest BCUT2D eigenvalue weighted by molar-refractivity contribution is -0.148. The largest absolute Gasteiger partial charge is 0.481 e. The van der Waals surface area contributed by atoms with Crippen molar-refractivity contribution in [3.05, 3.63) is 0 Å². The van der Waals surface area contributed by atoms with E-state index in [-0.39, 0.29) is 19.2 Å². The Morgan fingerprint density at radius 2 is 2.00 bits per heavy atom. The molecule has 1 heterocycles. The molecule has 0 radical (unpaired) electrons. The highest BCUT2D eigenvalue weighted by Crippen LogP contribution is 2.35. The van der Waals surface area contributed by atoms with Crippen LogP contribution in [0.5, 0.6) is 0 Å². The van der Waals surface area contributed by atoms with E-state index in [4.69, 9.17) is 0 Å². The molecule has 2 N–H and O–H groups in total. The van der Waals surface area contributed by atoms with Crippen LogP contribution in [0.1, 0.15) is 33.6 Å². The van der Waals surface area contributed by atoms with E-state index in [1.165, 1.54) is 4.90 Å². The van der Waals surface area contributed by atoms with Gasteiger partial charge in [-0.2, -0.15) is 0 Å². The maximum absolute atomic E-state index is 12.3. The van der Waals surface area contributed by atoms with E-state index >= 15 is 0 Å². The minimum absolute atomic E-state index is 0.138. The highest BCUT2D eigenvalue weighted by Gasteiger charge is 2.46. The second kappa shape index (κ2) is 5.36. The highest BCUT2D eigenvalue weighted by molar-refractivity contribution is 5.80. The standard InChI is InChI=1S/C13H24N2O4/c1-5-13(10(17)18)6-7-15(8-13)11(19)14(4)12(2,3)9-16/h16H,5-9H2,1-4H3,(H,17,18). The molecule has 6 heteroatoms. The van der Waals surface area contributed by atoms with Gasteiger partial charge in [-0.05, 0) is 26.7 Å². The Bertz CT molecular complexity index is 370. The number of carboxylic acids is 1. The summed E-state index contributed by atoms with van der Waals surface area (Å²) in [4.78, 5) is 26.7. The molecule has 1 aliphatic rings. The number of nitrogens with zero attached hydrogens (tertiary/aromatic N) is 2. The second-order valence-electron chi connectivity index (χ2n) is 5.92. The number of urea groups is 1. The van der Waals surface area contributed by atoms with E-state index in [0.717, 1.165) is 0 Å². The van der Waals surface area contributed by atoms with Gasteiger partial charge < -0.3 is 20.0 Å². The van der Waals surface area contributed by atoms with E-state index in [1.807, 2.05) is 6.92 Å². The molecule has 110 valence electrons. The van der Waals surface area contributed by atoms with Crippen molar-refractivity contribution in [1.82, 2.24) is 9.80 Å². The molecule has 1 unspecified atom stereocenters. The quantitative estimate of drug-likeness (QED) is 0.800. The first-order valence-electron chi connectivity index (χ1n) is 6.57. The average Bonchev–Trinajstić information content (AvgIpc) is 2.82. The minimum atomic E-state index is -0.839. The van der Waals surface area contributed by atoms with Crippen molar-refractivity contribution in [1.29, 1.82) is 0 Å². The van der Waals surface area contributed by atoms with E-state index < -0.39 is 16.9 Å². The molecule has 0 aromatic heterocycles. The minimum Gasteiger partial charge on any atom is -0.481 e. The van der Waals surface area contributed by atoms with Gasteiger partial charge >= 0.3 is 12.0 Å². The number of likely N-dealkylation sites (N-methyl/N-ethyl adjacent to an activating group) is 1. The number of carbonyl (C=O) groups is 2. The van der Waals surface area contributed by atoms with Gasteiger partial charge in [0, 0.05) is 20.1 Å². The summed E-state index contributed by atoms with van der Waals surface area (Å²) in [5.74, 6) is -0.839. The van der Waals surface area contributed by atoms with Gasteiger partial charge in [-0.25, -0.2) is 4.79 Å². The Morgan fingerprint density at radius 1 is 1.42 bits per heavy atom. The van der Waals surface area contributed by atoms with Gasteiger partial charge in [0.2, 0.25) is 0 Å². The third-order valence-corrected chi connectivity index (χ3v) is 4.34. The molecule has 0 aromatic carbocycles. The van der Waals surface area contributed by atoms with Gasteiger partial charge in [0.25, 0.3) is 0 Å². The predicted molar refractivity (Wildman–Crippen MR) is 70.9 cm³/mol. The number of rotatable bonds is 4. The summed E-state index contributed by atoms with van der Waals surface area (Å²) >= 11 is 0. The fraction of sp³-hybridized carbons (Fsp3) is 0.846. The molecule has 0 aliphatic carbocycles. The molecule has 6 nitrogen and oxygen atoms in total. The van der Waals surface area contributed by atoms with E-state index in [0.29, 0.717) is 19.4 Å². The average molecular weight is 272 g/mol. The summed E-state index contributed by atoms with van der Waals surface area (Å²) in [6.45, 7) is 5.93. The zero-order valence-electron chi connectivity index (χ0n) is 12.1. The third kappa shape index (κ3) is 2.83. The van der Waals surface area contributed by atoms with Gasteiger partial charge in [-0.3, -0.25) is 4.79 Å². The SMILES string of the molecule is CCC1(C(=O)O)CCN(C(=O)N(C)C(C)(C)CO)C1. The van der Waals surface area contributed by atoms with Crippen molar-refractivity contribution >= 4 is 12.0 Å². The smallest absolute Gasteiger partial charge is 0.320 e. The highest BCUT2D eigenvalue weighted by atomic mass is 16.4. The van der Waals surface area contributed by atoms with Crippen LogP contribution in [0.2, 0.25) is 0 Å². The predicted octanol–water partition coefficient (Wildman–Crippen LogP) is 0.996. The van der Waals surface area contributed by atoms with Crippen LogP contribution in [0.15, 0.2) is 0 Å². The monoisotopic (exact) mass is 272 g/mol. The lowest BCUT2D eigenvalue weighted by Gasteiger charge is -2.37. The molecule has 0 bridgehead atoms. The zero-order valence-corrected chi connectivity index (χ0v) is 12.1. The molecule has 1 fully saturated rings. The van der Waals surface area contributed by atoms with Gasteiger partial charge in [0.1, 0.15) is 0 Å². The van der Waals surface area contributed by atoms with Crippen LogP contribution in [0.3, 0.4) is 0 Å². The van der Waals surface area contributed by atoms with Crippen molar-refractivity contribution in [3.8, 4) is 0 Å². The van der Waals surface area contributed by atoms with E-state index in [1.54, 1.807) is 25.8 Å². The van der Waals surface area contributed by atoms with Crippen LogP contribution in [0.25, 0.3) is 0 Å². The Morgan fingerprint density at radius 3 is 2.37 bits per heavy atom. The topological polar surface area (TPSA) is 81.1 Å². The number of amides is 2. The van der Waals surface area contributed by atoms with Crippen molar-refractivity contribution in [2.24, 2.45) is 5.41 Å². The van der Waals surface area contributed by atoms with Crippen molar-refractivity contribution in [2.45, 2.75) is 39.2 Å². The van der Waals surface area contributed by atoms with Crippen molar-refractivity contribution in [3.63, 3.8) is 0 Å². The maximum Gasteiger partial charge on any atom is 0.320 e. The number of hydrogen-bond acceptors (Lipinski definition) is 3. The van der Waals surface area contributed by atoms with E-state index in [9.17, 15) is 19.8 Å². The summed E-state index contributed by atoms with van der Waals surface area (Å²) < 4.78 is 0. The fourth-order valence-corrected chi connectivity index (χ4v) is 2.23. The van der Waals surface area contributed by atoms with Gasteiger partial charge in [-0.1, -0.05) is 6.92 Å². The Labute approximate surface area is 114 Å². The number of hydrogen-bond donors (Lipinski definition) is 2. The first-order chi connectivity index (χ1) is 8.70. The van der Waals surface area contributed by atoms with Gasteiger partial charge in [-0.15, -0.1) is 0 Å². The van der Waals surface area contributed by atoms with Crippen LogP contribution in [-0.4, -0.2) is 64.3 Å². The van der Waals surface area contributed by atoms with E-state index in [2.05, 4.69) is 0 Å². The van der Waals surface area contributed by atoms with Gasteiger partial charge in [0.15, 0.2) is 0 Å². The molecular weight excluding hydrogens is 248 g/mol. The molecular formula is C13H24N2O4. The Hall–Kier alpha value is -1.30. The van der Waals surface area contributed by atoms with Gasteiger partial charge in [0.05, 0.1) is 17.6 Å². The second-order valence-corrected chi connectivity index (χ2v) is 5.92. The number of carboxylic acid groups (broad SMARTS) is 1. The summed E-state index contributed by atoms with van der Waals surface area (Å²) in [6, 6.07) is -0.226.